The fraction of sp³-hybridized carbons (Fsp3) is 0.273. The van der Waals surface area contributed by atoms with E-state index in [9.17, 15) is 9.90 Å². The van der Waals surface area contributed by atoms with Gasteiger partial charge in [0.15, 0.2) is 5.69 Å². The smallest absolute Gasteiger partial charge is 0.272 e. The van der Waals surface area contributed by atoms with Gasteiger partial charge < -0.3 is 10.4 Å². The molecule has 0 fully saturated rings. The molecular formula is C22H21Cl2N3O2. The Labute approximate surface area is 179 Å². The van der Waals surface area contributed by atoms with Crippen molar-refractivity contribution in [1.82, 2.24) is 15.1 Å². The highest BCUT2D eigenvalue weighted by Gasteiger charge is 2.27. The van der Waals surface area contributed by atoms with Crippen molar-refractivity contribution in [3.8, 4) is 5.69 Å². The van der Waals surface area contributed by atoms with E-state index in [-0.39, 0.29) is 12.5 Å². The van der Waals surface area contributed by atoms with Gasteiger partial charge in [-0.25, -0.2) is 4.68 Å². The maximum Gasteiger partial charge on any atom is 0.272 e. The van der Waals surface area contributed by atoms with Crippen LogP contribution in [0.2, 0.25) is 10.0 Å². The normalized spacial score (nSPS) is 13.9. The van der Waals surface area contributed by atoms with Crippen molar-refractivity contribution in [3.63, 3.8) is 0 Å². The standard InChI is InChI=1S/C22H21Cl2N3O2/c1-13-5-2-3-7-18(13)27-19-8-4-6-16(19)21(26-27)22(29)25-12-20(28)15-10-9-14(23)11-17(15)24/h2-3,5,7,9-11,20,28H,4,6,8,12H2,1H3,(H,25,29)/t20-/m1/s1. The monoisotopic (exact) mass is 429 g/mol. The lowest BCUT2D eigenvalue weighted by Gasteiger charge is -2.14. The average molecular weight is 430 g/mol. The Bertz CT molecular complexity index is 1080. The summed E-state index contributed by atoms with van der Waals surface area (Å²) in [4.78, 5) is 12.9. The molecule has 1 aromatic heterocycles. The molecule has 1 amide bonds. The first-order valence-electron chi connectivity index (χ1n) is 9.53. The number of rotatable bonds is 5. The van der Waals surface area contributed by atoms with Crippen LogP contribution in [-0.2, 0) is 12.8 Å². The van der Waals surface area contributed by atoms with E-state index in [2.05, 4.69) is 10.4 Å². The van der Waals surface area contributed by atoms with Gasteiger partial charge in [-0.05, 0) is 49.9 Å². The molecule has 0 saturated carbocycles. The number of aromatic nitrogens is 2. The molecule has 0 bridgehead atoms. The third kappa shape index (κ3) is 3.90. The minimum Gasteiger partial charge on any atom is -0.387 e. The van der Waals surface area contributed by atoms with Crippen molar-refractivity contribution in [2.24, 2.45) is 0 Å². The number of para-hydroxylation sites is 1. The van der Waals surface area contributed by atoms with E-state index < -0.39 is 6.10 Å². The molecule has 1 aliphatic carbocycles. The number of fused-ring (bicyclic) bond motifs is 1. The van der Waals surface area contributed by atoms with E-state index in [0.29, 0.717) is 21.3 Å². The molecule has 5 nitrogen and oxygen atoms in total. The predicted octanol–water partition coefficient (Wildman–Crippen LogP) is 4.44. The first kappa shape index (κ1) is 20.0. The topological polar surface area (TPSA) is 67.2 Å². The molecule has 0 saturated heterocycles. The van der Waals surface area contributed by atoms with Crippen LogP contribution in [0.25, 0.3) is 5.69 Å². The third-order valence-electron chi connectivity index (χ3n) is 5.27. The van der Waals surface area contributed by atoms with Crippen molar-refractivity contribution >= 4 is 29.1 Å². The van der Waals surface area contributed by atoms with Gasteiger partial charge in [0.25, 0.3) is 5.91 Å². The third-order valence-corrected chi connectivity index (χ3v) is 5.83. The Kier molecular flexibility index (Phi) is 5.63. The van der Waals surface area contributed by atoms with Gasteiger partial charge in [0.05, 0.1) is 11.8 Å². The van der Waals surface area contributed by atoms with Crippen molar-refractivity contribution in [3.05, 3.63) is 80.6 Å². The highest BCUT2D eigenvalue weighted by Crippen LogP contribution is 2.29. The number of carbonyl (C=O) groups excluding carboxylic acids is 1. The SMILES string of the molecule is Cc1ccccc1-n1nc(C(=O)NC[C@@H](O)c2ccc(Cl)cc2Cl)c2c1CCC2. The van der Waals surface area contributed by atoms with E-state index in [0.717, 1.165) is 41.8 Å². The van der Waals surface area contributed by atoms with Gasteiger partial charge in [-0.15, -0.1) is 0 Å². The fourth-order valence-corrected chi connectivity index (χ4v) is 4.31. The zero-order chi connectivity index (χ0) is 20.5. The van der Waals surface area contributed by atoms with Gasteiger partial charge in [0, 0.05) is 33.4 Å². The summed E-state index contributed by atoms with van der Waals surface area (Å²) in [6.07, 6.45) is 1.79. The van der Waals surface area contributed by atoms with Crippen LogP contribution in [0.15, 0.2) is 42.5 Å². The minimum atomic E-state index is -0.935. The average Bonchev–Trinajstić information content (AvgIpc) is 3.29. The van der Waals surface area contributed by atoms with E-state index in [4.69, 9.17) is 23.2 Å². The van der Waals surface area contributed by atoms with Crippen LogP contribution in [0.4, 0.5) is 0 Å². The molecule has 1 atom stereocenters. The molecule has 1 heterocycles. The second-order valence-corrected chi connectivity index (χ2v) is 8.06. The number of amides is 1. The number of benzene rings is 2. The number of halogens is 2. The lowest BCUT2D eigenvalue weighted by Crippen LogP contribution is -2.29. The maximum atomic E-state index is 12.9. The fourth-order valence-electron chi connectivity index (χ4n) is 3.77. The van der Waals surface area contributed by atoms with Gasteiger partial charge in [-0.1, -0.05) is 47.5 Å². The van der Waals surface area contributed by atoms with Gasteiger partial charge in [-0.2, -0.15) is 5.10 Å². The summed E-state index contributed by atoms with van der Waals surface area (Å²) in [5, 5.41) is 18.7. The molecule has 2 N–H and O–H groups in total. The summed E-state index contributed by atoms with van der Waals surface area (Å²) in [6.45, 7) is 2.07. The summed E-state index contributed by atoms with van der Waals surface area (Å²) in [6, 6.07) is 12.9. The number of hydrogen-bond donors (Lipinski definition) is 2. The van der Waals surface area contributed by atoms with Crippen molar-refractivity contribution < 1.29 is 9.90 Å². The van der Waals surface area contributed by atoms with Crippen molar-refractivity contribution in [2.45, 2.75) is 32.3 Å². The number of nitrogens with zero attached hydrogens (tertiary/aromatic N) is 2. The summed E-state index contributed by atoms with van der Waals surface area (Å²) in [5.41, 5.74) is 5.11. The lowest BCUT2D eigenvalue weighted by molar-refractivity contribution is 0.0910. The minimum absolute atomic E-state index is 0.0339. The maximum absolute atomic E-state index is 12.9. The highest BCUT2D eigenvalue weighted by molar-refractivity contribution is 6.35. The lowest BCUT2D eigenvalue weighted by atomic mass is 10.1. The predicted molar refractivity (Wildman–Crippen MR) is 114 cm³/mol. The van der Waals surface area contributed by atoms with E-state index in [1.54, 1.807) is 18.2 Å². The number of nitrogens with one attached hydrogen (secondary N) is 1. The van der Waals surface area contributed by atoms with Crippen LogP contribution in [0.1, 0.15) is 45.4 Å². The van der Waals surface area contributed by atoms with E-state index in [1.165, 1.54) is 0 Å². The number of aryl methyl sites for hydroxylation is 1. The Hall–Kier alpha value is -2.34. The summed E-state index contributed by atoms with van der Waals surface area (Å²) < 4.78 is 1.89. The second kappa shape index (κ2) is 8.19. The quantitative estimate of drug-likeness (QED) is 0.629. The number of hydrogen-bond acceptors (Lipinski definition) is 3. The highest BCUT2D eigenvalue weighted by atomic mass is 35.5. The van der Waals surface area contributed by atoms with Crippen LogP contribution in [0, 0.1) is 6.92 Å². The molecule has 2 aromatic carbocycles. The molecule has 150 valence electrons. The Morgan fingerprint density at radius 1 is 1.24 bits per heavy atom. The Morgan fingerprint density at radius 3 is 2.79 bits per heavy atom. The zero-order valence-corrected chi connectivity index (χ0v) is 17.5. The molecule has 3 aromatic rings. The number of aliphatic hydroxyl groups excluding tert-OH is 1. The molecule has 7 heteroatoms. The molecule has 0 radical (unpaired) electrons. The molecule has 4 rings (SSSR count). The summed E-state index contributed by atoms with van der Waals surface area (Å²) >= 11 is 12.0. The van der Waals surface area contributed by atoms with Gasteiger partial charge in [-0.3, -0.25) is 4.79 Å². The Balaban J connectivity index is 1.55. The van der Waals surface area contributed by atoms with Crippen molar-refractivity contribution in [2.75, 3.05) is 6.54 Å². The van der Waals surface area contributed by atoms with E-state index >= 15 is 0 Å². The molecule has 0 spiro atoms. The van der Waals surface area contributed by atoms with Crippen LogP contribution in [-0.4, -0.2) is 27.3 Å². The van der Waals surface area contributed by atoms with Crippen LogP contribution in [0.5, 0.6) is 0 Å². The largest absolute Gasteiger partial charge is 0.387 e. The van der Waals surface area contributed by atoms with Gasteiger partial charge in [0.2, 0.25) is 0 Å². The van der Waals surface area contributed by atoms with Crippen LogP contribution >= 0.6 is 23.2 Å². The zero-order valence-electron chi connectivity index (χ0n) is 16.0. The number of aliphatic hydroxyl groups is 1. The van der Waals surface area contributed by atoms with Crippen LogP contribution in [0.3, 0.4) is 0 Å². The van der Waals surface area contributed by atoms with Gasteiger partial charge >= 0.3 is 0 Å². The molecule has 0 aliphatic heterocycles. The number of carbonyl (C=O) groups is 1. The summed E-state index contributed by atoms with van der Waals surface area (Å²) in [7, 11) is 0. The van der Waals surface area contributed by atoms with Crippen molar-refractivity contribution in [1.29, 1.82) is 0 Å². The molecule has 0 unspecified atom stereocenters. The molecule has 1 aliphatic rings. The molecular weight excluding hydrogens is 409 g/mol. The summed E-state index contributed by atoms with van der Waals surface area (Å²) in [5.74, 6) is -0.292. The molecule has 29 heavy (non-hydrogen) atoms. The second-order valence-electron chi connectivity index (χ2n) is 7.22. The van der Waals surface area contributed by atoms with Gasteiger partial charge in [0.1, 0.15) is 0 Å². The van der Waals surface area contributed by atoms with Crippen LogP contribution < -0.4 is 5.32 Å². The first-order chi connectivity index (χ1) is 14.0. The van der Waals surface area contributed by atoms with E-state index in [1.807, 2.05) is 35.9 Å². The first-order valence-corrected chi connectivity index (χ1v) is 10.3. The Morgan fingerprint density at radius 2 is 2.03 bits per heavy atom.